The predicted octanol–water partition coefficient (Wildman–Crippen LogP) is 2.66. The van der Waals surface area contributed by atoms with Gasteiger partial charge in [0.25, 0.3) is 0 Å². The average molecular weight is 356 g/mol. The Labute approximate surface area is 153 Å². The third kappa shape index (κ3) is 4.38. The van der Waals surface area contributed by atoms with E-state index in [1.165, 1.54) is 12.3 Å². The van der Waals surface area contributed by atoms with Gasteiger partial charge in [-0.1, -0.05) is 13.0 Å². The highest BCUT2D eigenvalue weighted by molar-refractivity contribution is 5.92. The number of nitrogens with zero attached hydrogens (tertiary/aromatic N) is 2. The van der Waals surface area contributed by atoms with Crippen LogP contribution in [0.15, 0.2) is 36.7 Å². The topological polar surface area (TPSA) is 71.2 Å². The molecule has 0 spiro atoms. The standard InChI is InChI=1S/C20H25FN4O/c1-13-12-25(2)6-5-18(13)24-19-9-17(21)4-3-15(19)7-14-8-16(20(22)26)11-23-10-14/h3-4,8-11,13,18,24H,5-7,12H2,1-2H3,(H2,22,26). The molecule has 2 aromatic rings. The maximum Gasteiger partial charge on any atom is 0.250 e. The summed E-state index contributed by atoms with van der Waals surface area (Å²) in [5.74, 6) is -0.289. The molecule has 26 heavy (non-hydrogen) atoms. The second-order valence-electron chi connectivity index (χ2n) is 7.20. The van der Waals surface area contributed by atoms with Gasteiger partial charge in [-0.05, 0) is 55.3 Å². The van der Waals surface area contributed by atoms with Crippen molar-refractivity contribution in [3.8, 4) is 0 Å². The molecule has 0 radical (unpaired) electrons. The van der Waals surface area contributed by atoms with E-state index in [1.54, 1.807) is 24.4 Å². The second kappa shape index (κ2) is 7.83. The summed E-state index contributed by atoms with van der Waals surface area (Å²) in [6.45, 7) is 4.26. The summed E-state index contributed by atoms with van der Waals surface area (Å²) in [6, 6.07) is 6.84. The van der Waals surface area contributed by atoms with Crippen molar-refractivity contribution in [3.63, 3.8) is 0 Å². The van der Waals surface area contributed by atoms with Crippen molar-refractivity contribution in [2.75, 3.05) is 25.5 Å². The lowest BCUT2D eigenvalue weighted by molar-refractivity contribution is 0.1000. The maximum absolute atomic E-state index is 13.8. The van der Waals surface area contributed by atoms with Gasteiger partial charge in [0, 0.05) is 37.1 Å². The van der Waals surface area contributed by atoms with Crippen LogP contribution >= 0.6 is 0 Å². The molecule has 1 amide bonds. The van der Waals surface area contributed by atoms with Gasteiger partial charge in [-0.25, -0.2) is 4.39 Å². The summed E-state index contributed by atoms with van der Waals surface area (Å²) in [5, 5.41) is 3.54. The Morgan fingerprint density at radius 2 is 2.19 bits per heavy atom. The number of nitrogens with one attached hydrogen (secondary N) is 1. The zero-order valence-corrected chi connectivity index (χ0v) is 15.2. The molecule has 3 rings (SSSR count). The van der Waals surface area contributed by atoms with E-state index in [0.29, 0.717) is 23.9 Å². The molecule has 1 aromatic heterocycles. The van der Waals surface area contributed by atoms with Gasteiger partial charge >= 0.3 is 0 Å². The molecular formula is C20H25FN4O. The van der Waals surface area contributed by atoms with Crippen molar-refractivity contribution in [2.24, 2.45) is 11.7 Å². The zero-order chi connectivity index (χ0) is 18.7. The summed E-state index contributed by atoms with van der Waals surface area (Å²) in [5.41, 5.74) is 8.35. The summed E-state index contributed by atoms with van der Waals surface area (Å²) < 4.78 is 13.8. The fourth-order valence-corrected chi connectivity index (χ4v) is 3.54. The van der Waals surface area contributed by atoms with Gasteiger partial charge in [0.1, 0.15) is 5.82 Å². The van der Waals surface area contributed by atoms with E-state index in [-0.39, 0.29) is 5.82 Å². The lowest BCUT2D eigenvalue weighted by atomic mass is 9.93. The summed E-state index contributed by atoms with van der Waals surface area (Å²) in [4.78, 5) is 17.8. The molecule has 1 saturated heterocycles. The van der Waals surface area contributed by atoms with E-state index < -0.39 is 5.91 Å². The second-order valence-corrected chi connectivity index (χ2v) is 7.20. The molecule has 138 valence electrons. The monoisotopic (exact) mass is 356 g/mol. The van der Waals surface area contributed by atoms with Crippen LogP contribution < -0.4 is 11.1 Å². The zero-order valence-electron chi connectivity index (χ0n) is 15.2. The highest BCUT2D eigenvalue weighted by atomic mass is 19.1. The molecule has 5 nitrogen and oxygen atoms in total. The fraction of sp³-hybridized carbons (Fsp3) is 0.400. The Morgan fingerprint density at radius 3 is 2.92 bits per heavy atom. The van der Waals surface area contributed by atoms with Crippen LogP contribution in [0, 0.1) is 11.7 Å². The number of hydrogen-bond donors (Lipinski definition) is 2. The first kappa shape index (κ1) is 18.3. The number of pyridine rings is 1. The average Bonchev–Trinajstić information content (AvgIpc) is 2.60. The van der Waals surface area contributed by atoms with Gasteiger partial charge in [0.15, 0.2) is 0 Å². The first-order valence-corrected chi connectivity index (χ1v) is 8.89. The van der Waals surface area contributed by atoms with Crippen molar-refractivity contribution in [3.05, 3.63) is 59.2 Å². The number of hydrogen-bond acceptors (Lipinski definition) is 4. The summed E-state index contributed by atoms with van der Waals surface area (Å²) >= 11 is 0. The highest BCUT2D eigenvalue weighted by Crippen LogP contribution is 2.26. The van der Waals surface area contributed by atoms with E-state index in [2.05, 4.69) is 29.2 Å². The number of aromatic nitrogens is 1. The number of piperidine rings is 1. The third-order valence-corrected chi connectivity index (χ3v) is 5.00. The van der Waals surface area contributed by atoms with Gasteiger partial charge in [0.05, 0.1) is 5.56 Å². The molecule has 1 aliphatic rings. The van der Waals surface area contributed by atoms with Gasteiger partial charge in [0.2, 0.25) is 5.91 Å². The number of amides is 1. The lowest BCUT2D eigenvalue weighted by Gasteiger charge is -2.36. The summed E-state index contributed by atoms with van der Waals surface area (Å²) in [7, 11) is 2.12. The molecule has 6 heteroatoms. The Kier molecular flexibility index (Phi) is 5.52. The molecular weight excluding hydrogens is 331 g/mol. The predicted molar refractivity (Wildman–Crippen MR) is 101 cm³/mol. The smallest absolute Gasteiger partial charge is 0.250 e. The van der Waals surface area contributed by atoms with Crippen molar-refractivity contribution in [1.82, 2.24) is 9.88 Å². The molecule has 1 fully saturated rings. The number of benzene rings is 1. The van der Waals surface area contributed by atoms with Crippen LogP contribution in [0.5, 0.6) is 0 Å². The van der Waals surface area contributed by atoms with E-state index in [1.807, 2.05) is 0 Å². The Hall–Kier alpha value is -2.47. The van der Waals surface area contributed by atoms with Crippen molar-refractivity contribution in [1.29, 1.82) is 0 Å². The molecule has 0 saturated carbocycles. The van der Waals surface area contributed by atoms with Crippen LogP contribution in [0.3, 0.4) is 0 Å². The molecule has 0 aliphatic carbocycles. The van der Waals surface area contributed by atoms with E-state index in [0.717, 1.165) is 36.3 Å². The first-order valence-electron chi connectivity index (χ1n) is 8.89. The SMILES string of the molecule is CC1CN(C)CCC1Nc1cc(F)ccc1Cc1cncc(C(N)=O)c1. The van der Waals surface area contributed by atoms with Crippen LogP contribution in [0.25, 0.3) is 0 Å². The quantitative estimate of drug-likeness (QED) is 0.864. The molecule has 3 N–H and O–H groups in total. The van der Waals surface area contributed by atoms with Crippen LogP contribution in [0.1, 0.15) is 34.8 Å². The Balaban J connectivity index is 1.82. The number of carbonyl (C=O) groups is 1. The first-order chi connectivity index (χ1) is 12.4. The van der Waals surface area contributed by atoms with Gasteiger partial charge < -0.3 is 16.0 Å². The number of anilines is 1. The summed E-state index contributed by atoms with van der Waals surface area (Å²) in [6.07, 6.45) is 4.73. The number of nitrogens with two attached hydrogens (primary N) is 1. The largest absolute Gasteiger partial charge is 0.382 e. The lowest BCUT2D eigenvalue weighted by Crippen LogP contribution is -2.43. The van der Waals surface area contributed by atoms with Gasteiger partial charge in [-0.3, -0.25) is 9.78 Å². The molecule has 2 atom stereocenters. The van der Waals surface area contributed by atoms with Crippen LogP contribution in [-0.2, 0) is 6.42 Å². The number of likely N-dealkylation sites (tertiary alicyclic amines) is 1. The minimum absolute atomic E-state index is 0.263. The molecule has 1 aliphatic heterocycles. The Morgan fingerprint density at radius 1 is 1.38 bits per heavy atom. The molecule has 2 unspecified atom stereocenters. The number of halogens is 1. The van der Waals surface area contributed by atoms with Gasteiger partial charge in [-0.15, -0.1) is 0 Å². The maximum atomic E-state index is 13.8. The normalized spacial score (nSPS) is 20.7. The van der Waals surface area contributed by atoms with Crippen molar-refractivity contribution >= 4 is 11.6 Å². The minimum atomic E-state index is -0.503. The highest BCUT2D eigenvalue weighted by Gasteiger charge is 2.24. The molecule has 1 aromatic carbocycles. The van der Waals surface area contributed by atoms with Crippen molar-refractivity contribution < 1.29 is 9.18 Å². The van der Waals surface area contributed by atoms with Gasteiger partial charge in [-0.2, -0.15) is 0 Å². The molecule has 2 heterocycles. The molecule has 0 bridgehead atoms. The van der Waals surface area contributed by atoms with E-state index >= 15 is 0 Å². The van der Waals surface area contributed by atoms with Crippen LogP contribution in [0.4, 0.5) is 10.1 Å². The van der Waals surface area contributed by atoms with Crippen LogP contribution in [-0.4, -0.2) is 42.0 Å². The fourth-order valence-electron chi connectivity index (χ4n) is 3.54. The minimum Gasteiger partial charge on any atom is -0.382 e. The number of carbonyl (C=O) groups excluding carboxylic acids is 1. The van der Waals surface area contributed by atoms with Crippen LogP contribution in [0.2, 0.25) is 0 Å². The number of primary amides is 1. The van der Waals surface area contributed by atoms with E-state index in [4.69, 9.17) is 5.73 Å². The van der Waals surface area contributed by atoms with Crippen molar-refractivity contribution in [2.45, 2.75) is 25.8 Å². The third-order valence-electron chi connectivity index (χ3n) is 5.00. The number of rotatable bonds is 5. The van der Waals surface area contributed by atoms with E-state index in [9.17, 15) is 9.18 Å². The Bertz CT molecular complexity index is 795.